The fourth-order valence-electron chi connectivity index (χ4n) is 2.82. The maximum Gasteiger partial charge on any atom is 0.348 e. The molecule has 0 unspecified atom stereocenters. The number of hydrogen-bond acceptors (Lipinski definition) is 9. The van der Waals surface area contributed by atoms with E-state index in [0.717, 1.165) is 16.9 Å². The molecule has 0 atom stereocenters. The molecular formula is C20H20N6O3S2. The zero-order chi connectivity index (χ0) is 22.4. The molecule has 0 saturated heterocycles. The Balaban J connectivity index is 1.72. The maximum atomic E-state index is 12.5. The van der Waals surface area contributed by atoms with Crippen molar-refractivity contribution in [3.8, 4) is 17.5 Å². The van der Waals surface area contributed by atoms with Crippen molar-refractivity contribution in [1.29, 1.82) is 5.26 Å². The molecule has 0 aliphatic heterocycles. The van der Waals surface area contributed by atoms with Gasteiger partial charge in [-0.05, 0) is 38.5 Å². The van der Waals surface area contributed by atoms with E-state index in [1.807, 2.05) is 29.7 Å². The molecule has 1 amide bonds. The molecule has 0 aliphatic carbocycles. The standard InChI is InChI=1S/C20H20N6O3S2/c1-4-26-17(13-6-8-22-9-7-13)24-25-20(26)30-11-15(27)23-18-14(10-21)12(3)16(31-18)19(28)29-5-2/h6-9H,4-5,11H2,1-3H3,(H,23,27). The van der Waals surface area contributed by atoms with E-state index in [4.69, 9.17) is 4.74 Å². The second-order valence-electron chi connectivity index (χ2n) is 6.22. The van der Waals surface area contributed by atoms with Gasteiger partial charge in [0, 0.05) is 24.5 Å². The van der Waals surface area contributed by atoms with Gasteiger partial charge in [0.15, 0.2) is 11.0 Å². The van der Waals surface area contributed by atoms with E-state index in [0.29, 0.717) is 33.0 Å². The van der Waals surface area contributed by atoms with Crippen molar-refractivity contribution in [1.82, 2.24) is 19.7 Å². The van der Waals surface area contributed by atoms with Crippen LogP contribution < -0.4 is 5.32 Å². The van der Waals surface area contributed by atoms with Gasteiger partial charge in [-0.1, -0.05) is 11.8 Å². The normalized spacial score (nSPS) is 10.5. The maximum absolute atomic E-state index is 12.5. The Morgan fingerprint density at radius 1 is 1.29 bits per heavy atom. The molecule has 3 aromatic rings. The van der Waals surface area contributed by atoms with Crippen molar-refractivity contribution in [3.05, 3.63) is 40.5 Å². The van der Waals surface area contributed by atoms with Crippen LogP contribution in [0.3, 0.4) is 0 Å². The number of anilines is 1. The number of hydrogen-bond donors (Lipinski definition) is 1. The molecule has 1 N–H and O–H groups in total. The second-order valence-corrected chi connectivity index (χ2v) is 8.18. The second kappa shape index (κ2) is 10.2. The Bertz CT molecular complexity index is 1130. The highest BCUT2D eigenvalue weighted by molar-refractivity contribution is 7.99. The molecular weight excluding hydrogens is 436 g/mol. The molecule has 11 heteroatoms. The number of aromatic nitrogens is 4. The first-order valence-electron chi connectivity index (χ1n) is 9.46. The zero-order valence-electron chi connectivity index (χ0n) is 17.2. The number of nitrogens with one attached hydrogen (secondary N) is 1. The van der Waals surface area contributed by atoms with E-state index in [-0.39, 0.29) is 23.8 Å². The first-order chi connectivity index (χ1) is 15.0. The van der Waals surface area contributed by atoms with E-state index >= 15 is 0 Å². The highest BCUT2D eigenvalue weighted by Crippen LogP contribution is 2.33. The number of ether oxygens (including phenoxy) is 1. The Kier molecular flexibility index (Phi) is 7.38. The molecule has 0 fully saturated rings. The third kappa shape index (κ3) is 4.92. The number of nitriles is 1. The first kappa shape index (κ1) is 22.5. The third-order valence-electron chi connectivity index (χ3n) is 4.28. The number of carbonyl (C=O) groups excluding carboxylic acids is 2. The third-order valence-corrected chi connectivity index (χ3v) is 6.43. The monoisotopic (exact) mass is 456 g/mol. The van der Waals surface area contributed by atoms with Crippen LogP contribution in [-0.4, -0.2) is 44.0 Å². The summed E-state index contributed by atoms with van der Waals surface area (Å²) in [5.41, 5.74) is 1.66. The molecule has 0 radical (unpaired) electrons. The summed E-state index contributed by atoms with van der Waals surface area (Å²) in [6, 6.07) is 5.75. The van der Waals surface area contributed by atoms with Crippen molar-refractivity contribution in [2.75, 3.05) is 17.7 Å². The highest BCUT2D eigenvalue weighted by atomic mass is 32.2. The molecule has 0 saturated carbocycles. The van der Waals surface area contributed by atoms with Gasteiger partial charge in [0.05, 0.1) is 17.9 Å². The highest BCUT2D eigenvalue weighted by Gasteiger charge is 2.22. The van der Waals surface area contributed by atoms with E-state index in [1.165, 1.54) is 11.8 Å². The summed E-state index contributed by atoms with van der Waals surface area (Å²) in [5, 5.41) is 21.6. The molecule has 9 nitrogen and oxygen atoms in total. The fourth-order valence-corrected chi connectivity index (χ4v) is 4.68. The molecule has 0 bridgehead atoms. The van der Waals surface area contributed by atoms with Gasteiger partial charge in [0.1, 0.15) is 15.9 Å². The minimum Gasteiger partial charge on any atom is -0.462 e. The quantitative estimate of drug-likeness (QED) is 0.403. The van der Waals surface area contributed by atoms with Crippen LogP contribution >= 0.6 is 23.1 Å². The number of nitrogens with zero attached hydrogens (tertiary/aromatic N) is 5. The van der Waals surface area contributed by atoms with E-state index in [1.54, 1.807) is 26.2 Å². The number of rotatable bonds is 8. The summed E-state index contributed by atoms with van der Waals surface area (Å²) in [6.07, 6.45) is 3.37. The predicted octanol–water partition coefficient (Wildman–Crippen LogP) is 3.51. The van der Waals surface area contributed by atoms with Crippen LogP contribution in [0.4, 0.5) is 5.00 Å². The SMILES string of the molecule is CCOC(=O)c1sc(NC(=O)CSc2nnc(-c3ccncc3)n2CC)c(C#N)c1C. The summed E-state index contributed by atoms with van der Waals surface area (Å²) in [6.45, 7) is 6.22. The predicted molar refractivity (Wildman–Crippen MR) is 118 cm³/mol. The number of thiophene rings is 1. The molecule has 3 aromatic heterocycles. The van der Waals surface area contributed by atoms with Crippen LogP contribution in [0.25, 0.3) is 11.4 Å². The molecule has 31 heavy (non-hydrogen) atoms. The lowest BCUT2D eigenvalue weighted by molar-refractivity contribution is -0.113. The van der Waals surface area contributed by atoms with Gasteiger partial charge in [-0.2, -0.15) is 5.26 Å². The van der Waals surface area contributed by atoms with Crippen molar-refractivity contribution >= 4 is 40.0 Å². The van der Waals surface area contributed by atoms with Crippen molar-refractivity contribution in [3.63, 3.8) is 0 Å². The Hall–Kier alpha value is -3.23. The van der Waals surface area contributed by atoms with Gasteiger partial charge in [-0.25, -0.2) is 4.79 Å². The van der Waals surface area contributed by atoms with Crippen LogP contribution in [0.1, 0.15) is 34.6 Å². The lowest BCUT2D eigenvalue weighted by Gasteiger charge is -2.07. The largest absolute Gasteiger partial charge is 0.462 e. The first-order valence-corrected chi connectivity index (χ1v) is 11.3. The Morgan fingerprint density at radius 2 is 2.03 bits per heavy atom. The van der Waals surface area contributed by atoms with Crippen molar-refractivity contribution in [2.45, 2.75) is 32.5 Å². The number of pyridine rings is 1. The Morgan fingerprint density at radius 3 is 2.68 bits per heavy atom. The molecule has 0 aromatic carbocycles. The van der Waals surface area contributed by atoms with Crippen LogP contribution in [0, 0.1) is 18.3 Å². The molecule has 3 heterocycles. The van der Waals surface area contributed by atoms with Crippen LogP contribution in [-0.2, 0) is 16.1 Å². The lowest BCUT2D eigenvalue weighted by Crippen LogP contribution is -2.14. The van der Waals surface area contributed by atoms with E-state index < -0.39 is 5.97 Å². The van der Waals surface area contributed by atoms with Crippen molar-refractivity contribution < 1.29 is 14.3 Å². The van der Waals surface area contributed by atoms with Crippen LogP contribution in [0.5, 0.6) is 0 Å². The van der Waals surface area contributed by atoms with E-state index in [2.05, 4.69) is 20.5 Å². The van der Waals surface area contributed by atoms with Gasteiger partial charge in [0.25, 0.3) is 0 Å². The van der Waals surface area contributed by atoms with Crippen LogP contribution in [0.15, 0.2) is 29.7 Å². The average molecular weight is 457 g/mol. The smallest absolute Gasteiger partial charge is 0.348 e. The van der Waals surface area contributed by atoms with Gasteiger partial charge in [-0.3, -0.25) is 9.78 Å². The topological polar surface area (TPSA) is 123 Å². The molecule has 160 valence electrons. The summed E-state index contributed by atoms with van der Waals surface area (Å²) >= 11 is 2.29. The average Bonchev–Trinajstić information content (AvgIpc) is 3.33. The fraction of sp³-hybridized carbons (Fsp3) is 0.300. The molecule has 0 spiro atoms. The number of esters is 1. The number of amides is 1. The summed E-state index contributed by atoms with van der Waals surface area (Å²) < 4.78 is 6.94. The van der Waals surface area contributed by atoms with Gasteiger partial charge in [0.2, 0.25) is 5.91 Å². The van der Waals surface area contributed by atoms with Gasteiger partial charge in [-0.15, -0.1) is 21.5 Å². The molecule has 3 rings (SSSR count). The minimum atomic E-state index is -0.504. The van der Waals surface area contributed by atoms with E-state index in [9.17, 15) is 14.9 Å². The van der Waals surface area contributed by atoms with Crippen LogP contribution in [0.2, 0.25) is 0 Å². The summed E-state index contributed by atoms with van der Waals surface area (Å²) in [4.78, 5) is 28.9. The summed E-state index contributed by atoms with van der Waals surface area (Å²) in [7, 11) is 0. The van der Waals surface area contributed by atoms with Crippen molar-refractivity contribution in [2.24, 2.45) is 0 Å². The molecule has 0 aliphatic rings. The number of carbonyl (C=O) groups is 2. The minimum absolute atomic E-state index is 0.0744. The number of thioether (sulfide) groups is 1. The van der Waals surface area contributed by atoms with Gasteiger partial charge >= 0.3 is 5.97 Å². The zero-order valence-corrected chi connectivity index (χ0v) is 18.8. The van der Waals surface area contributed by atoms with Gasteiger partial charge < -0.3 is 14.6 Å². The lowest BCUT2D eigenvalue weighted by atomic mass is 10.2. The Labute approximate surface area is 187 Å². The summed E-state index contributed by atoms with van der Waals surface area (Å²) in [5.74, 6) is -0.0386.